The van der Waals surface area contributed by atoms with E-state index in [1.165, 1.54) is 0 Å². The Morgan fingerprint density at radius 3 is 2.94 bits per heavy atom. The summed E-state index contributed by atoms with van der Waals surface area (Å²) >= 11 is 0. The van der Waals surface area contributed by atoms with Crippen LogP contribution >= 0.6 is 0 Å². The van der Waals surface area contributed by atoms with E-state index in [1.807, 2.05) is 25.1 Å². The minimum Gasteiger partial charge on any atom is -0.478 e. The Morgan fingerprint density at radius 1 is 1.50 bits per heavy atom. The van der Waals surface area contributed by atoms with E-state index in [4.69, 9.17) is 5.11 Å². The molecule has 1 aromatic carbocycles. The molecule has 4 heteroatoms. The van der Waals surface area contributed by atoms with Gasteiger partial charge in [-0.25, -0.2) is 9.78 Å². The van der Waals surface area contributed by atoms with Crippen LogP contribution in [0.5, 0.6) is 0 Å². The summed E-state index contributed by atoms with van der Waals surface area (Å²) in [6.07, 6.45) is 1.64. The first kappa shape index (κ1) is 10.4. The number of hydrogen-bond donors (Lipinski definition) is 2. The Balaban J connectivity index is 2.47. The van der Waals surface area contributed by atoms with Crippen LogP contribution in [0.15, 0.2) is 23.8 Å². The summed E-state index contributed by atoms with van der Waals surface area (Å²) in [4.78, 5) is 18.1. The normalized spacial score (nSPS) is 12.0. The van der Waals surface area contributed by atoms with Gasteiger partial charge >= 0.3 is 5.97 Å². The van der Waals surface area contributed by atoms with Crippen LogP contribution in [0.4, 0.5) is 0 Å². The monoisotopic (exact) mass is 216 g/mol. The van der Waals surface area contributed by atoms with Crippen molar-refractivity contribution < 1.29 is 9.90 Å². The molecule has 4 nitrogen and oxygen atoms in total. The number of benzene rings is 1. The van der Waals surface area contributed by atoms with Crippen LogP contribution in [0.25, 0.3) is 17.1 Å². The fourth-order valence-corrected chi connectivity index (χ4v) is 1.56. The topological polar surface area (TPSA) is 66.0 Å². The molecule has 2 aromatic rings. The number of aromatic nitrogens is 2. The molecular formula is C12H12N2O2. The highest BCUT2D eigenvalue weighted by Crippen LogP contribution is 2.15. The number of carboxylic acid groups (broad SMARTS) is 1. The van der Waals surface area contributed by atoms with E-state index >= 15 is 0 Å². The Morgan fingerprint density at radius 2 is 2.25 bits per heavy atom. The number of aryl methyl sites for hydroxylation is 1. The second-order valence-electron chi connectivity index (χ2n) is 3.73. The van der Waals surface area contributed by atoms with Crippen molar-refractivity contribution in [3.05, 3.63) is 35.2 Å². The molecular weight excluding hydrogens is 204 g/mol. The number of carbonyl (C=O) groups is 1. The lowest BCUT2D eigenvalue weighted by molar-refractivity contribution is -0.132. The SMILES string of the molecule is C/C(=C\c1ccc2nc(C)[nH]c2c1)C(=O)O. The minimum absolute atomic E-state index is 0.315. The van der Waals surface area contributed by atoms with Gasteiger partial charge in [0.2, 0.25) is 0 Å². The van der Waals surface area contributed by atoms with Gasteiger partial charge in [-0.1, -0.05) is 6.07 Å². The third-order valence-corrected chi connectivity index (χ3v) is 2.34. The highest BCUT2D eigenvalue weighted by molar-refractivity contribution is 5.92. The van der Waals surface area contributed by atoms with Gasteiger partial charge < -0.3 is 10.1 Å². The molecule has 0 saturated heterocycles. The summed E-state index contributed by atoms with van der Waals surface area (Å²) in [5, 5.41) is 8.77. The molecule has 0 amide bonds. The van der Waals surface area contributed by atoms with E-state index in [2.05, 4.69) is 9.97 Å². The number of fused-ring (bicyclic) bond motifs is 1. The van der Waals surface area contributed by atoms with Crippen molar-refractivity contribution >= 4 is 23.1 Å². The van der Waals surface area contributed by atoms with Crippen LogP contribution in [0.3, 0.4) is 0 Å². The molecule has 0 fully saturated rings. The number of nitrogens with one attached hydrogen (secondary N) is 1. The van der Waals surface area contributed by atoms with Crippen molar-refractivity contribution in [2.24, 2.45) is 0 Å². The van der Waals surface area contributed by atoms with Crippen LogP contribution in [0.1, 0.15) is 18.3 Å². The van der Waals surface area contributed by atoms with Gasteiger partial charge in [0.25, 0.3) is 0 Å². The number of carboxylic acids is 1. The zero-order valence-electron chi connectivity index (χ0n) is 9.11. The van der Waals surface area contributed by atoms with Gasteiger partial charge in [-0.3, -0.25) is 0 Å². The van der Waals surface area contributed by atoms with E-state index in [0.717, 1.165) is 22.4 Å². The molecule has 0 radical (unpaired) electrons. The number of aromatic amines is 1. The number of hydrogen-bond acceptors (Lipinski definition) is 2. The zero-order valence-corrected chi connectivity index (χ0v) is 9.11. The van der Waals surface area contributed by atoms with Gasteiger partial charge in [0, 0.05) is 5.57 Å². The molecule has 16 heavy (non-hydrogen) atoms. The Labute approximate surface area is 92.6 Å². The first-order valence-electron chi connectivity index (χ1n) is 4.94. The summed E-state index contributed by atoms with van der Waals surface area (Å²) in [6.45, 7) is 3.46. The molecule has 82 valence electrons. The second kappa shape index (κ2) is 3.81. The molecule has 0 unspecified atom stereocenters. The first-order chi connectivity index (χ1) is 7.56. The fourth-order valence-electron chi connectivity index (χ4n) is 1.56. The Bertz CT molecular complexity index is 582. The Hall–Kier alpha value is -2.10. The molecule has 2 rings (SSSR count). The van der Waals surface area contributed by atoms with Crippen LogP contribution in [-0.2, 0) is 4.79 Å². The number of H-pyrrole nitrogens is 1. The number of aliphatic carboxylic acids is 1. The molecule has 0 aliphatic heterocycles. The average Bonchev–Trinajstić information content (AvgIpc) is 2.57. The highest BCUT2D eigenvalue weighted by atomic mass is 16.4. The standard InChI is InChI=1S/C12H12N2O2/c1-7(12(15)16)5-9-3-4-10-11(6-9)14-8(2)13-10/h3-6H,1-2H3,(H,13,14)(H,15,16)/b7-5+. The van der Waals surface area contributed by atoms with Crippen molar-refractivity contribution in [3.8, 4) is 0 Å². The summed E-state index contributed by atoms with van der Waals surface area (Å²) in [6, 6.07) is 5.62. The minimum atomic E-state index is -0.902. The molecule has 2 N–H and O–H groups in total. The molecule has 0 aliphatic rings. The number of rotatable bonds is 2. The predicted octanol–water partition coefficient (Wildman–Crippen LogP) is 2.36. The summed E-state index contributed by atoms with van der Waals surface area (Å²) in [5.41, 5.74) is 2.98. The van der Waals surface area contributed by atoms with E-state index in [-0.39, 0.29) is 0 Å². The molecule has 1 aromatic heterocycles. The van der Waals surface area contributed by atoms with Crippen molar-refractivity contribution in [2.75, 3.05) is 0 Å². The zero-order chi connectivity index (χ0) is 11.7. The van der Waals surface area contributed by atoms with E-state index < -0.39 is 5.97 Å². The van der Waals surface area contributed by atoms with Crippen LogP contribution in [-0.4, -0.2) is 21.0 Å². The van der Waals surface area contributed by atoms with E-state index in [0.29, 0.717) is 5.57 Å². The number of imidazole rings is 1. The van der Waals surface area contributed by atoms with Gasteiger partial charge in [-0.05, 0) is 37.6 Å². The first-order valence-corrected chi connectivity index (χ1v) is 4.94. The van der Waals surface area contributed by atoms with Crippen molar-refractivity contribution in [1.29, 1.82) is 0 Å². The van der Waals surface area contributed by atoms with Gasteiger partial charge in [-0.15, -0.1) is 0 Å². The fraction of sp³-hybridized carbons (Fsp3) is 0.167. The third-order valence-electron chi connectivity index (χ3n) is 2.34. The summed E-state index contributed by atoms with van der Waals surface area (Å²) in [5.74, 6) is -0.0491. The Kier molecular flexibility index (Phi) is 2.48. The average molecular weight is 216 g/mol. The molecule has 0 aliphatic carbocycles. The number of nitrogens with zero attached hydrogens (tertiary/aromatic N) is 1. The van der Waals surface area contributed by atoms with Gasteiger partial charge in [0.1, 0.15) is 5.82 Å². The summed E-state index contributed by atoms with van der Waals surface area (Å²) in [7, 11) is 0. The van der Waals surface area contributed by atoms with E-state index in [1.54, 1.807) is 13.0 Å². The van der Waals surface area contributed by atoms with Crippen LogP contribution in [0.2, 0.25) is 0 Å². The van der Waals surface area contributed by atoms with Crippen LogP contribution < -0.4 is 0 Å². The highest BCUT2D eigenvalue weighted by Gasteiger charge is 2.02. The lowest BCUT2D eigenvalue weighted by Crippen LogP contribution is -1.95. The quantitative estimate of drug-likeness (QED) is 0.757. The molecule has 0 saturated carbocycles. The van der Waals surface area contributed by atoms with Crippen molar-refractivity contribution in [1.82, 2.24) is 9.97 Å². The maximum Gasteiger partial charge on any atom is 0.331 e. The molecule has 0 atom stereocenters. The largest absolute Gasteiger partial charge is 0.478 e. The van der Waals surface area contributed by atoms with Gasteiger partial charge in [0.15, 0.2) is 0 Å². The smallest absolute Gasteiger partial charge is 0.331 e. The van der Waals surface area contributed by atoms with Gasteiger partial charge in [0.05, 0.1) is 11.0 Å². The van der Waals surface area contributed by atoms with Gasteiger partial charge in [-0.2, -0.15) is 0 Å². The summed E-state index contributed by atoms with van der Waals surface area (Å²) < 4.78 is 0. The second-order valence-corrected chi connectivity index (χ2v) is 3.73. The third kappa shape index (κ3) is 1.95. The predicted molar refractivity (Wildman–Crippen MR) is 62.1 cm³/mol. The lowest BCUT2D eigenvalue weighted by Gasteiger charge is -1.95. The van der Waals surface area contributed by atoms with E-state index in [9.17, 15) is 4.79 Å². The van der Waals surface area contributed by atoms with Crippen molar-refractivity contribution in [2.45, 2.75) is 13.8 Å². The molecule has 1 heterocycles. The maximum atomic E-state index is 10.7. The lowest BCUT2D eigenvalue weighted by atomic mass is 10.1. The molecule has 0 bridgehead atoms. The van der Waals surface area contributed by atoms with Crippen LogP contribution in [0, 0.1) is 6.92 Å². The van der Waals surface area contributed by atoms with Crippen molar-refractivity contribution in [3.63, 3.8) is 0 Å². The molecule has 0 spiro atoms. The maximum absolute atomic E-state index is 10.7.